The van der Waals surface area contributed by atoms with Crippen molar-refractivity contribution in [1.29, 1.82) is 0 Å². The molecule has 2 heterocycles. The maximum Gasteiger partial charge on any atom is 0.351 e. The Morgan fingerprint density at radius 2 is 1.70 bits per heavy atom. The number of ether oxygens (including phenoxy) is 1. The lowest BCUT2D eigenvalue weighted by Gasteiger charge is -2.19. The maximum atomic E-state index is 15.5. The molecule has 0 bridgehead atoms. The van der Waals surface area contributed by atoms with Crippen LogP contribution in [0.1, 0.15) is 23.3 Å². The van der Waals surface area contributed by atoms with Gasteiger partial charge in [0.2, 0.25) is 0 Å². The summed E-state index contributed by atoms with van der Waals surface area (Å²) in [5.74, 6) is -0.383. The van der Waals surface area contributed by atoms with Crippen LogP contribution in [0.5, 0.6) is 0 Å². The average Bonchev–Trinajstić information content (AvgIpc) is 2.99. The van der Waals surface area contributed by atoms with Crippen molar-refractivity contribution < 1.29 is 9.13 Å². The molecule has 0 spiro atoms. The predicted octanol–water partition coefficient (Wildman–Crippen LogP) is 3.09. The summed E-state index contributed by atoms with van der Waals surface area (Å²) in [5.41, 5.74) is 6.84. The number of alkyl halides is 1. The van der Waals surface area contributed by atoms with Gasteiger partial charge in [0.05, 0.1) is 6.10 Å². The molecule has 1 fully saturated rings. The van der Waals surface area contributed by atoms with Crippen molar-refractivity contribution in [3.05, 3.63) is 94.5 Å². The van der Waals surface area contributed by atoms with E-state index in [1.807, 2.05) is 60.7 Å². The lowest BCUT2D eigenvalue weighted by molar-refractivity contribution is -0.0213. The number of anilines is 1. The molecule has 4 rings (SSSR count). The van der Waals surface area contributed by atoms with E-state index in [2.05, 4.69) is 4.98 Å². The zero-order valence-corrected chi connectivity index (χ0v) is 14.6. The fourth-order valence-electron chi connectivity index (χ4n) is 3.65. The highest BCUT2D eigenvalue weighted by atomic mass is 18.2. The molecule has 0 aliphatic carbocycles. The van der Waals surface area contributed by atoms with E-state index in [1.165, 1.54) is 16.8 Å². The molecule has 2 N–H and O–H groups in total. The van der Waals surface area contributed by atoms with E-state index in [0.717, 1.165) is 11.1 Å². The highest BCUT2D eigenvalue weighted by Crippen LogP contribution is 2.43. The molecule has 0 amide bonds. The zero-order valence-electron chi connectivity index (χ0n) is 14.6. The van der Waals surface area contributed by atoms with Gasteiger partial charge in [-0.05, 0) is 23.6 Å². The second-order valence-electron chi connectivity index (χ2n) is 6.68. The van der Waals surface area contributed by atoms with Gasteiger partial charge in [0.25, 0.3) is 0 Å². The van der Waals surface area contributed by atoms with Crippen molar-refractivity contribution >= 4 is 5.82 Å². The first-order valence-electron chi connectivity index (χ1n) is 8.86. The Bertz CT molecular complexity index is 962. The number of rotatable bonds is 4. The Labute approximate surface area is 156 Å². The van der Waals surface area contributed by atoms with E-state index in [0.29, 0.717) is 6.42 Å². The summed E-state index contributed by atoms with van der Waals surface area (Å²) < 4.78 is 22.8. The van der Waals surface area contributed by atoms with E-state index in [4.69, 9.17) is 10.5 Å². The minimum Gasteiger partial charge on any atom is -0.383 e. The molecule has 6 heteroatoms. The summed E-state index contributed by atoms with van der Waals surface area (Å²) in [5, 5.41) is 0. The van der Waals surface area contributed by atoms with Crippen LogP contribution in [0.2, 0.25) is 0 Å². The molecule has 4 unspecified atom stereocenters. The molecule has 0 saturated carbocycles. The molecule has 27 heavy (non-hydrogen) atoms. The number of nitrogen functional groups attached to an aromatic ring is 1. The zero-order chi connectivity index (χ0) is 18.8. The van der Waals surface area contributed by atoms with Crippen molar-refractivity contribution in [2.75, 3.05) is 5.73 Å². The molecule has 3 aromatic rings. The van der Waals surface area contributed by atoms with Crippen molar-refractivity contribution in [2.24, 2.45) is 0 Å². The van der Waals surface area contributed by atoms with Gasteiger partial charge >= 0.3 is 5.69 Å². The Morgan fingerprint density at radius 1 is 1.04 bits per heavy atom. The number of benzene rings is 2. The normalized spacial score (nSPS) is 24.8. The van der Waals surface area contributed by atoms with Gasteiger partial charge in [-0.1, -0.05) is 60.7 Å². The second-order valence-corrected chi connectivity index (χ2v) is 6.68. The van der Waals surface area contributed by atoms with Gasteiger partial charge in [-0.3, -0.25) is 4.57 Å². The van der Waals surface area contributed by atoms with Crippen molar-refractivity contribution in [3.63, 3.8) is 0 Å². The van der Waals surface area contributed by atoms with Gasteiger partial charge in [-0.15, -0.1) is 0 Å². The first-order chi connectivity index (χ1) is 13.1. The molecule has 2 aromatic carbocycles. The predicted molar refractivity (Wildman–Crippen MR) is 101 cm³/mol. The van der Waals surface area contributed by atoms with Crippen molar-refractivity contribution in [3.8, 4) is 0 Å². The Morgan fingerprint density at radius 3 is 2.37 bits per heavy atom. The Hall–Kier alpha value is -2.99. The third kappa shape index (κ3) is 3.48. The summed E-state index contributed by atoms with van der Waals surface area (Å²) in [7, 11) is 0. The fourth-order valence-corrected chi connectivity index (χ4v) is 3.65. The van der Waals surface area contributed by atoms with Crippen LogP contribution in [0.25, 0.3) is 0 Å². The number of aromatic nitrogens is 2. The molecule has 5 nitrogen and oxygen atoms in total. The minimum absolute atomic E-state index is 0.102. The van der Waals surface area contributed by atoms with Crippen LogP contribution < -0.4 is 11.4 Å². The van der Waals surface area contributed by atoms with Crippen LogP contribution in [0.3, 0.4) is 0 Å². The molecule has 1 aromatic heterocycles. The van der Waals surface area contributed by atoms with Crippen LogP contribution in [0.15, 0.2) is 77.7 Å². The Balaban J connectivity index is 1.71. The number of hydrogen-bond donors (Lipinski definition) is 1. The highest BCUT2D eigenvalue weighted by Gasteiger charge is 2.46. The number of hydrogen-bond acceptors (Lipinski definition) is 4. The number of halogens is 1. The second kappa shape index (κ2) is 7.32. The van der Waals surface area contributed by atoms with E-state index in [9.17, 15) is 4.79 Å². The maximum absolute atomic E-state index is 15.5. The van der Waals surface area contributed by atoms with E-state index in [-0.39, 0.29) is 5.82 Å². The molecular weight excluding hydrogens is 344 g/mol. The molecule has 1 saturated heterocycles. The topological polar surface area (TPSA) is 70.1 Å². The summed E-state index contributed by atoms with van der Waals surface area (Å²) in [6.45, 7) is 0. The van der Waals surface area contributed by atoms with Gasteiger partial charge in [0, 0.05) is 12.1 Å². The monoisotopic (exact) mass is 364 g/mol. The number of nitrogens with zero attached hydrogens (tertiary/aromatic N) is 2. The first kappa shape index (κ1) is 17.4. The van der Waals surface area contributed by atoms with Crippen LogP contribution in [0, 0.1) is 0 Å². The molecule has 1 aliphatic heterocycles. The quantitative estimate of drug-likeness (QED) is 0.772. The lowest BCUT2D eigenvalue weighted by atomic mass is 9.87. The summed E-state index contributed by atoms with van der Waals surface area (Å²) in [4.78, 5) is 15.9. The van der Waals surface area contributed by atoms with Gasteiger partial charge in [-0.25, -0.2) is 9.18 Å². The van der Waals surface area contributed by atoms with Gasteiger partial charge < -0.3 is 10.5 Å². The Kier molecular flexibility index (Phi) is 4.73. The number of nitrogens with two attached hydrogens (primary N) is 1. The van der Waals surface area contributed by atoms with Gasteiger partial charge in [0.15, 0.2) is 12.4 Å². The average molecular weight is 364 g/mol. The lowest BCUT2D eigenvalue weighted by Crippen LogP contribution is -2.31. The van der Waals surface area contributed by atoms with Crippen LogP contribution in [0.4, 0.5) is 10.2 Å². The molecular formula is C21H20FN3O2. The van der Waals surface area contributed by atoms with E-state index >= 15 is 4.39 Å². The third-order valence-electron chi connectivity index (χ3n) is 4.92. The van der Waals surface area contributed by atoms with E-state index in [1.54, 1.807) is 0 Å². The standard InChI is InChI=1S/C21H20FN3O2/c22-19-18(15-9-5-2-6-10-15)16(13-14-7-3-1-4-8-14)27-20(19)25-12-11-17(23)24-21(25)26/h1-12,16,18-20H,13H2,(H2,23,24,26)/i22-1. The summed E-state index contributed by atoms with van der Waals surface area (Å²) >= 11 is 0. The highest BCUT2D eigenvalue weighted by molar-refractivity contribution is 5.27. The smallest absolute Gasteiger partial charge is 0.351 e. The van der Waals surface area contributed by atoms with Gasteiger partial charge in [0.1, 0.15) is 5.82 Å². The molecule has 0 radical (unpaired) electrons. The third-order valence-corrected chi connectivity index (χ3v) is 4.92. The fraction of sp³-hybridized carbons (Fsp3) is 0.238. The molecule has 4 atom stereocenters. The van der Waals surface area contributed by atoms with Crippen LogP contribution >= 0.6 is 0 Å². The SMILES string of the molecule is Nc1ccn(C2OC(Cc3ccccc3)C(c3ccccc3)C2[18F])c(=O)n1. The minimum atomic E-state index is -1.38. The first-order valence-corrected chi connectivity index (χ1v) is 8.86. The van der Waals surface area contributed by atoms with Crippen molar-refractivity contribution in [2.45, 2.75) is 30.8 Å². The van der Waals surface area contributed by atoms with Crippen LogP contribution in [-0.4, -0.2) is 21.8 Å². The molecule has 1 aliphatic rings. The van der Waals surface area contributed by atoms with Crippen molar-refractivity contribution in [1.82, 2.24) is 9.55 Å². The summed E-state index contributed by atoms with van der Waals surface area (Å²) in [6, 6.07) is 20.7. The van der Waals surface area contributed by atoms with E-state index < -0.39 is 30.1 Å². The largest absolute Gasteiger partial charge is 0.383 e. The van der Waals surface area contributed by atoms with Gasteiger partial charge in [-0.2, -0.15) is 4.98 Å². The van der Waals surface area contributed by atoms with Crippen LogP contribution in [-0.2, 0) is 11.2 Å². The molecule has 138 valence electrons. The summed E-state index contributed by atoms with van der Waals surface area (Å²) in [6.07, 6.45) is -0.836.